The van der Waals surface area contributed by atoms with Crippen LogP contribution in [0.3, 0.4) is 0 Å². The topological polar surface area (TPSA) is 70.8 Å². The average Bonchev–Trinajstić information content (AvgIpc) is 2.59. The van der Waals surface area contributed by atoms with Crippen molar-refractivity contribution < 1.29 is 29.7 Å². The molecule has 0 amide bonds. The van der Waals surface area contributed by atoms with E-state index >= 15 is 0 Å². The summed E-state index contributed by atoms with van der Waals surface area (Å²) >= 11 is 13.0. The number of hydrogen-bond acceptors (Lipinski definition) is 4. The second-order valence-electron chi connectivity index (χ2n) is 6.36. The molecule has 0 saturated heterocycles. The fraction of sp³-hybridized carbons (Fsp3) is 0.300. The fourth-order valence-electron chi connectivity index (χ4n) is 1.81. The van der Waals surface area contributed by atoms with Crippen LogP contribution in [0.5, 0.6) is 11.5 Å². The molecule has 0 heterocycles. The molecule has 0 aliphatic rings. The maximum Gasteiger partial charge on any atom is 2.00 e. The summed E-state index contributed by atoms with van der Waals surface area (Å²) in [5, 5.41) is 23.1. The summed E-state index contributed by atoms with van der Waals surface area (Å²) in [5.74, 6) is -0.0600. The van der Waals surface area contributed by atoms with Gasteiger partial charge in [0.25, 0.3) is 0 Å². The molecule has 4 nitrogen and oxygen atoms in total. The van der Waals surface area contributed by atoms with Crippen LogP contribution in [0.15, 0.2) is 52.1 Å². The van der Waals surface area contributed by atoms with Gasteiger partial charge < -0.3 is 10.2 Å². The molecule has 29 heavy (non-hydrogen) atoms. The Morgan fingerprint density at radius 2 is 1.00 bits per heavy atom. The normalized spacial score (nSPS) is 11.1. The molecule has 0 radical (unpaired) electrons. The number of nitrogens with zero attached hydrogens (tertiary/aromatic N) is 2. The molecular formula is C20H20Br4N2O2Zn. The van der Waals surface area contributed by atoms with Crippen LogP contribution >= 0.6 is 63.7 Å². The van der Waals surface area contributed by atoms with Gasteiger partial charge in [0.1, 0.15) is 0 Å². The predicted molar refractivity (Wildman–Crippen MR) is 128 cm³/mol. The first kappa shape index (κ1) is 28.9. The third kappa shape index (κ3) is 10.7. The minimum absolute atomic E-state index is 0. The Kier molecular flexibility index (Phi) is 14.0. The molecule has 9 heteroatoms. The zero-order chi connectivity index (χ0) is 21.4. The van der Waals surface area contributed by atoms with Gasteiger partial charge in [0.2, 0.25) is 0 Å². The second-order valence-corrected chi connectivity index (χ2v) is 9.90. The van der Waals surface area contributed by atoms with Gasteiger partial charge in [-0.2, -0.15) is 0 Å². The van der Waals surface area contributed by atoms with Crippen LogP contribution in [0.4, 0.5) is 0 Å². The second kappa shape index (κ2) is 14.1. The smallest absolute Gasteiger partial charge is 0.871 e. The van der Waals surface area contributed by atoms with Crippen LogP contribution in [-0.2, 0) is 19.5 Å². The molecule has 152 valence electrons. The first-order chi connectivity index (χ1) is 13.0. The Hall–Kier alpha value is -0.0766. The number of rotatable bonds is 4. The van der Waals surface area contributed by atoms with E-state index in [1.165, 1.54) is 0 Å². The van der Waals surface area contributed by atoms with Crippen LogP contribution in [0, 0.1) is 0 Å². The van der Waals surface area contributed by atoms with Gasteiger partial charge in [0.15, 0.2) is 0 Å². The number of aliphatic imine (C=N–C) groups is 2. The maximum atomic E-state index is 11.6. The molecule has 0 aliphatic heterocycles. The van der Waals surface area contributed by atoms with Gasteiger partial charge in [-0.15, -0.1) is 0 Å². The van der Waals surface area contributed by atoms with Crippen LogP contribution < -0.4 is 10.2 Å². The molecule has 0 aromatic heterocycles. The molecular weight excluding hydrogens is 685 g/mol. The summed E-state index contributed by atoms with van der Waals surface area (Å²) in [6, 6.07) is 7.39. The van der Waals surface area contributed by atoms with E-state index < -0.39 is 0 Å². The summed E-state index contributed by atoms with van der Waals surface area (Å²) < 4.78 is 2.84. The summed E-state index contributed by atoms with van der Waals surface area (Å²) in [4.78, 5) is 8.34. The Labute approximate surface area is 218 Å². The van der Waals surface area contributed by atoms with Gasteiger partial charge >= 0.3 is 19.5 Å². The zero-order valence-electron chi connectivity index (χ0n) is 16.5. The maximum absolute atomic E-state index is 11.6. The van der Waals surface area contributed by atoms with Crippen molar-refractivity contribution in [1.82, 2.24) is 0 Å². The van der Waals surface area contributed by atoms with Gasteiger partial charge in [0, 0.05) is 42.4 Å². The number of hydrogen-bond donors (Lipinski definition) is 0. The van der Waals surface area contributed by atoms with Crippen LogP contribution in [0.2, 0.25) is 0 Å². The summed E-state index contributed by atoms with van der Waals surface area (Å²) in [5.41, 5.74) is 1.19. The van der Waals surface area contributed by atoms with Crippen molar-refractivity contribution in [3.8, 4) is 11.5 Å². The minimum atomic E-state index is -0.0300. The molecule has 2 aromatic rings. The molecule has 0 saturated carbocycles. The van der Waals surface area contributed by atoms with Gasteiger partial charge in [-0.3, -0.25) is 9.98 Å². The summed E-state index contributed by atoms with van der Waals surface area (Å²) in [6.07, 6.45) is 3.23. The first-order valence-electron chi connectivity index (χ1n) is 8.39. The molecule has 0 atom stereocenters. The first-order valence-corrected chi connectivity index (χ1v) is 11.6. The molecule has 0 spiro atoms. The molecule has 0 fully saturated rings. The van der Waals surface area contributed by atoms with Crippen molar-refractivity contribution in [1.29, 1.82) is 0 Å². The van der Waals surface area contributed by atoms with Crippen molar-refractivity contribution in [3.05, 3.63) is 53.3 Å². The SMILES string of the molecule is CC(C)N=Cc1cc(Br)cc(Br)c1[O-].CC(C)N=Cc1cc(Br)cc(Br)c1[O-].[Zn+2]. The quantitative estimate of drug-likeness (QED) is 0.280. The molecule has 0 bridgehead atoms. The van der Waals surface area contributed by atoms with E-state index in [0.717, 1.165) is 8.95 Å². The van der Waals surface area contributed by atoms with Crippen molar-refractivity contribution in [2.24, 2.45) is 9.98 Å². The third-order valence-corrected chi connectivity index (χ3v) is 5.19. The van der Waals surface area contributed by atoms with E-state index in [4.69, 9.17) is 0 Å². The van der Waals surface area contributed by atoms with Crippen LogP contribution in [0.1, 0.15) is 38.8 Å². The van der Waals surface area contributed by atoms with E-state index in [9.17, 15) is 10.2 Å². The van der Waals surface area contributed by atoms with Crippen LogP contribution in [-0.4, -0.2) is 24.5 Å². The van der Waals surface area contributed by atoms with Crippen molar-refractivity contribution >= 4 is 76.1 Å². The molecule has 2 rings (SSSR count). The van der Waals surface area contributed by atoms with Crippen LogP contribution in [0.25, 0.3) is 0 Å². The van der Waals surface area contributed by atoms with Gasteiger partial charge in [-0.25, -0.2) is 0 Å². The standard InChI is InChI=1S/2C10H11Br2NO.Zn/c2*1-6(2)13-5-7-3-8(11)4-9(12)10(7)14;/h2*3-6,14H,1-2H3;/q;;+2/p-2. The molecule has 0 N–H and O–H groups in total. The molecule has 0 unspecified atom stereocenters. The Bertz CT molecular complexity index is 801. The molecule has 0 aliphatic carbocycles. The van der Waals surface area contributed by atoms with E-state index in [1.807, 2.05) is 27.7 Å². The average molecular weight is 705 g/mol. The predicted octanol–water partition coefficient (Wildman–Crippen LogP) is 6.22. The third-order valence-electron chi connectivity index (χ3n) is 3.10. The van der Waals surface area contributed by atoms with Gasteiger partial charge in [0.05, 0.1) is 0 Å². The zero-order valence-corrected chi connectivity index (χ0v) is 25.9. The Morgan fingerprint density at radius 3 is 1.28 bits per heavy atom. The molecule has 2 aromatic carbocycles. The van der Waals surface area contributed by atoms with E-state index in [-0.39, 0.29) is 43.1 Å². The van der Waals surface area contributed by atoms with Gasteiger partial charge in [-0.1, -0.05) is 75.2 Å². The summed E-state index contributed by atoms with van der Waals surface area (Å²) in [6.45, 7) is 7.87. The Balaban J connectivity index is 0.000000523. The van der Waals surface area contributed by atoms with E-state index in [2.05, 4.69) is 73.7 Å². The Morgan fingerprint density at radius 1 is 0.690 bits per heavy atom. The number of benzene rings is 2. The van der Waals surface area contributed by atoms with E-state index in [0.29, 0.717) is 20.1 Å². The van der Waals surface area contributed by atoms with Gasteiger partial charge in [-0.05, 0) is 63.1 Å². The fourth-order valence-corrected chi connectivity index (χ4v) is 4.33. The minimum Gasteiger partial charge on any atom is -0.871 e. The van der Waals surface area contributed by atoms with Crippen molar-refractivity contribution in [2.45, 2.75) is 39.8 Å². The summed E-state index contributed by atoms with van der Waals surface area (Å²) in [7, 11) is 0. The largest absolute Gasteiger partial charge is 2.00 e. The van der Waals surface area contributed by atoms with Crippen molar-refractivity contribution in [3.63, 3.8) is 0 Å². The van der Waals surface area contributed by atoms with Crippen molar-refractivity contribution in [2.75, 3.05) is 0 Å². The monoisotopic (exact) mass is 700 g/mol. The number of halogens is 4. The van der Waals surface area contributed by atoms with E-state index in [1.54, 1.807) is 36.7 Å².